The molecule has 0 aliphatic rings. The number of nitrogen functional groups attached to an aromatic ring is 1. The lowest BCUT2D eigenvalue weighted by molar-refractivity contribution is 0.292. The number of rotatable bonds is 6. The van der Waals surface area contributed by atoms with Crippen molar-refractivity contribution in [2.45, 2.75) is 13.5 Å². The number of benzene rings is 1. The first-order valence-electron chi connectivity index (χ1n) is 8.63. The molecule has 4 rings (SSSR count). The Hall–Kier alpha value is -2.10. The molecule has 0 saturated heterocycles. The fourth-order valence-corrected chi connectivity index (χ4v) is 4.55. The van der Waals surface area contributed by atoms with Crippen molar-refractivity contribution >= 4 is 57.6 Å². The maximum Gasteiger partial charge on any atom is 0.152 e. The number of thiophene rings is 1. The van der Waals surface area contributed by atoms with E-state index in [2.05, 4.69) is 34.5 Å². The summed E-state index contributed by atoms with van der Waals surface area (Å²) >= 11 is 1.67. The second-order valence-electron chi connectivity index (χ2n) is 6.36. The van der Waals surface area contributed by atoms with E-state index < -0.39 is 0 Å². The third-order valence-electron chi connectivity index (χ3n) is 4.48. The van der Waals surface area contributed by atoms with Crippen LogP contribution in [-0.2, 0) is 6.54 Å². The van der Waals surface area contributed by atoms with E-state index in [0.717, 1.165) is 42.9 Å². The van der Waals surface area contributed by atoms with Gasteiger partial charge in [-0.05, 0) is 35.6 Å². The number of aliphatic hydroxyl groups excluding tert-OH is 1. The molecule has 0 spiro atoms. The first-order chi connectivity index (χ1) is 13.1. The lowest BCUT2D eigenvalue weighted by Gasteiger charge is -2.05. The number of fused-ring (bicyclic) bond motifs is 2. The Kier molecular flexibility index (Phi) is 7.67. The van der Waals surface area contributed by atoms with E-state index in [4.69, 9.17) is 15.6 Å². The summed E-state index contributed by atoms with van der Waals surface area (Å²) in [5.74, 6) is 1.31. The lowest BCUT2D eigenvalue weighted by Crippen LogP contribution is -2.17. The summed E-state index contributed by atoms with van der Waals surface area (Å²) in [7, 11) is 1.69. The van der Waals surface area contributed by atoms with Gasteiger partial charge in [0.15, 0.2) is 5.82 Å². The smallest absolute Gasteiger partial charge is 0.152 e. The molecule has 4 aromatic rings. The van der Waals surface area contributed by atoms with Gasteiger partial charge in [0.2, 0.25) is 0 Å². The summed E-state index contributed by atoms with van der Waals surface area (Å²) in [5, 5.41) is 17.7. The first kappa shape index (κ1) is 23.2. The van der Waals surface area contributed by atoms with Crippen molar-refractivity contribution in [3.8, 4) is 16.2 Å². The Morgan fingerprint density at radius 1 is 1.28 bits per heavy atom. The summed E-state index contributed by atoms with van der Waals surface area (Å²) in [6.45, 7) is 3.27. The van der Waals surface area contributed by atoms with Gasteiger partial charge in [0, 0.05) is 29.7 Å². The number of aromatic nitrogens is 3. The highest BCUT2D eigenvalue weighted by Gasteiger charge is 2.19. The Labute approximate surface area is 184 Å². The van der Waals surface area contributed by atoms with E-state index in [9.17, 15) is 0 Å². The number of aryl methyl sites for hydroxylation is 1. The van der Waals surface area contributed by atoms with E-state index in [0.29, 0.717) is 18.9 Å². The first-order valence-corrected chi connectivity index (χ1v) is 9.45. The van der Waals surface area contributed by atoms with Crippen molar-refractivity contribution in [1.29, 1.82) is 0 Å². The highest BCUT2D eigenvalue weighted by Crippen LogP contribution is 2.43. The topological polar surface area (TPSA) is 97.7 Å². The second-order valence-corrected chi connectivity index (χ2v) is 7.42. The molecule has 0 bridgehead atoms. The minimum atomic E-state index is 0. The summed E-state index contributed by atoms with van der Waals surface area (Å²) in [6.07, 6.45) is 3.41. The molecule has 0 aliphatic heterocycles. The molecule has 3 heterocycles. The number of methoxy groups -OCH3 is 1. The van der Waals surface area contributed by atoms with E-state index in [1.807, 2.05) is 12.3 Å². The molecule has 1 aromatic carbocycles. The van der Waals surface area contributed by atoms with Gasteiger partial charge in [-0.15, -0.1) is 36.2 Å². The minimum Gasteiger partial charge on any atom is -0.495 e. The van der Waals surface area contributed by atoms with Gasteiger partial charge >= 0.3 is 0 Å². The molecule has 0 radical (unpaired) electrons. The Bertz CT molecular complexity index is 1130. The normalized spacial score (nSPS) is 10.7. The molecule has 156 valence electrons. The predicted molar refractivity (Wildman–Crippen MR) is 123 cm³/mol. The zero-order valence-corrected chi connectivity index (χ0v) is 18.5. The van der Waals surface area contributed by atoms with E-state index >= 15 is 0 Å². The number of anilines is 1. The largest absolute Gasteiger partial charge is 0.495 e. The van der Waals surface area contributed by atoms with Crippen LogP contribution in [0.5, 0.6) is 5.75 Å². The van der Waals surface area contributed by atoms with E-state index in [1.54, 1.807) is 23.0 Å². The van der Waals surface area contributed by atoms with Crippen LogP contribution in [0.3, 0.4) is 0 Å². The van der Waals surface area contributed by atoms with Crippen molar-refractivity contribution in [1.82, 2.24) is 19.9 Å². The van der Waals surface area contributed by atoms with Crippen LogP contribution in [0, 0.1) is 6.92 Å². The number of nitrogens with one attached hydrogen (secondary N) is 1. The molecule has 0 amide bonds. The zero-order valence-electron chi connectivity index (χ0n) is 16.0. The van der Waals surface area contributed by atoms with Crippen LogP contribution in [0.1, 0.15) is 11.1 Å². The summed E-state index contributed by atoms with van der Waals surface area (Å²) in [4.78, 5) is 5.25. The molecule has 0 atom stereocenters. The second kappa shape index (κ2) is 9.60. The van der Waals surface area contributed by atoms with Gasteiger partial charge in [0.05, 0.1) is 18.4 Å². The standard InChI is InChI=1S/C19H21N5O2S.2ClH/c1-11-5-12-7-15(27-18(12)14(6-11)26-2)16-13(8-21-3-4-25)9-24-17(16)19(20)22-10-23-24;;/h5-7,9-10,21,25H,3-4,8H2,1-2H3,(H2,20,22,23);2*1H. The van der Waals surface area contributed by atoms with Crippen molar-refractivity contribution in [3.63, 3.8) is 0 Å². The highest BCUT2D eigenvalue weighted by atomic mass is 35.5. The average Bonchev–Trinajstić information content (AvgIpc) is 3.22. The third kappa shape index (κ3) is 4.26. The summed E-state index contributed by atoms with van der Waals surface area (Å²) in [6, 6.07) is 6.36. The Morgan fingerprint density at radius 2 is 2.07 bits per heavy atom. The molecule has 0 aliphatic carbocycles. The van der Waals surface area contributed by atoms with Crippen molar-refractivity contribution < 1.29 is 9.84 Å². The minimum absolute atomic E-state index is 0. The molecular weight excluding hydrogens is 433 g/mol. The molecule has 7 nitrogen and oxygen atoms in total. The van der Waals surface area contributed by atoms with Gasteiger partial charge in [0.25, 0.3) is 0 Å². The molecule has 0 saturated carbocycles. The van der Waals surface area contributed by atoms with Crippen molar-refractivity contribution in [2.24, 2.45) is 0 Å². The van der Waals surface area contributed by atoms with Crippen molar-refractivity contribution in [3.05, 3.63) is 41.9 Å². The van der Waals surface area contributed by atoms with Crippen LogP contribution in [0.2, 0.25) is 0 Å². The SMILES string of the molecule is COc1cc(C)cc2cc(-c3c(CNCCO)cn4ncnc(N)c34)sc12.Cl.Cl. The number of nitrogens with two attached hydrogens (primary N) is 1. The van der Waals surface area contributed by atoms with Gasteiger partial charge in [0.1, 0.15) is 17.6 Å². The Balaban J connectivity index is 0.00000150. The van der Waals surface area contributed by atoms with E-state index in [1.165, 1.54) is 6.33 Å². The van der Waals surface area contributed by atoms with Crippen LogP contribution in [-0.4, -0.2) is 40.0 Å². The van der Waals surface area contributed by atoms with Gasteiger partial charge in [-0.3, -0.25) is 0 Å². The molecule has 0 fully saturated rings. The van der Waals surface area contributed by atoms with Crippen LogP contribution in [0.25, 0.3) is 26.0 Å². The van der Waals surface area contributed by atoms with Crippen molar-refractivity contribution in [2.75, 3.05) is 26.0 Å². The quantitative estimate of drug-likeness (QED) is 0.385. The third-order valence-corrected chi connectivity index (χ3v) is 5.66. The maximum atomic E-state index is 9.07. The molecule has 3 aromatic heterocycles. The number of aliphatic hydroxyl groups is 1. The lowest BCUT2D eigenvalue weighted by atomic mass is 10.1. The maximum absolute atomic E-state index is 9.07. The highest BCUT2D eigenvalue weighted by molar-refractivity contribution is 7.22. The number of hydrogen-bond acceptors (Lipinski definition) is 7. The number of hydrogen-bond donors (Lipinski definition) is 3. The molecule has 4 N–H and O–H groups in total. The number of halogens is 2. The Morgan fingerprint density at radius 3 is 2.79 bits per heavy atom. The summed E-state index contributed by atoms with van der Waals surface area (Å²) < 4.78 is 8.44. The monoisotopic (exact) mass is 455 g/mol. The van der Waals surface area contributed by atoms with Crippen LogP contribution >= 0.6 is 36.2 Å². The zero-order chi connectivity index (χ0) is 19.0. The van der Waals surface area contributed by atoms with Gasteiger partial charge in [-0.1, -0.05) is 6.07 Å². The van der Waals surface area contributed by atoms with Crippen LogP contribution < -0.4 is 15.8 Å². The fraction of sp³-hybridized carbons (Fsp3) is 0.263. The molecule has 0 unspecified atom stereocenters. The van der Waals surface area contributed by atoms with Gasteiger partial charge in [-0.25, -0.2) is 9.50 Å². The number of ether oxygens (including phenoxy) is 1. The predicted octanol–water partition coefficient (Wildman–Crippen LogP) is 3.44. The van der Waals surface area contributed by atoms with Crippen LogP contribution in [0.15, 0.2) is 30.7 Å². The van der Waals surface area contributed by atoms with Gasteiger partial charge in [-0.2, -0.15) is 5.10 Å². The number of nitrogens with zero attached hydrogens (tertiary/aromatic N) is 3. The fourth-order valence-electron chi connectivity index (χ4n) is 3.33. The molecule has 10 heteroatoms. The molecular formula is C19H23Cl2N5O2S. The van der Waals surface area contributed by atoms with E-state index in [-0.39, 0.29) is 31.4 Å². The summed E-state index contributed by atoms with van der Waals surface area (Å²) in [5.41, 5.74) is 10.2. The molecule has 29 heavy (non-hydrogen) atoms. The van der Waals surface area contributed by atoms with Gasteiger partial charge < -0.3 is 20.9 Å². The van der Waals surface area contributed by atoms with Crippen LogP contribution in [0.4, 0.5) is 5.82 Å². The average molecular weight is 456 g/mol.